The van der Waals surface area contributed by atoms with E-state index >= 15 is 0 Å². The molecule has 0 aliphatic carbocycles. The Morgan fingerprint density at radius 3 is 2.57 bits per heavy atom. The Hall–Kier alpha value is -0.120. The smallest absolute Gasteiger partial charge is 0.0443 e. The average molecular weight is 202 g/mol. The lowest BCUT2D eigenvalue weighted by molar-refractivity contribution is 0.282. The number of rotatable bonds is 10. The molecule has 0 aliphatic rings. The van der Waals surface area contributed by atoms with E-state index in [2.05, 4.69) is 12.2 Å². The minimum atomic E-state index is 0.264. The van der Waals surface area contributed by atoms with Crippen LogP contribution in [-0.2, 0) is 0 Å². The Morgan fingerprint density at radius 2 is 2.00 bits per heavy atom. The monoisotopic (exact) mass is 202 g/mol. The van der Waals surface area contributed by atoms with Crippen molar-refractivity contribution in [2.24, 2.45) is 5.73 Å². The SMILES string of the molecule is CCCCCCC(CN)NCCCO. The van der Waals surface area contributed by atoms with Crippen LogP contribution in [0.2, 0.25) is 0 Å². The molecule has 1 atom stereocenters. The normalized spacial score (nSPS) is 13.1. The fourth-order valence-electron chi connectivity index (χ4n) is 1.51. The third-order valence-electron chi connectivity index (χ3n) is 2.46. The third kappa shape index (κ3) is 8.48. The molecule has 0 fully saturated rings. The van der Waals surface area contributed by atoms with Crippen LogP contribution in [0.15, 0.2) is 0 Å². The highest BCUT2D eigenvalue weighted by Crippen LogP contribution is 2.04. The lowest BCUT2D eigenvalue weighted by Crippen LogP contribution is -2.36. The average Bonchev–Trinajstić information content (AvgIpc) is 2.22. The van der Waals surface area contributed by atoms with Crippen LogP contribution in [0.25, 0.3) is 0 Å². The standard InChI is InChI=1S/C11H26N2O/c1-2-3-4-5-7-11(10-12)13-8-6-9-14/h11,13-14H,2-10,12H2,1H3. The molecule has 3 heteroatoms. The van der Waals surface area contributed by atoms with E-state index in [1.807, 2.05) is 0 Å². The molecule has 0 aromatic carbocycles. The predicted molar refractivity (Wildman–Crippen MR) is 61.3 cm³/mol. The number of aliphatic hydroxyl groups is 1. The van der Waals surface area contributed by atoms with Gasteiger partial charge in [-0.2, -0.15) is 0 Å². The fourth-order valence-corrected chi connectivity index (χ4v) is 1.51. The van der Waals surface area contributed by atoms with E-state index in [4.69, 9.17) is 10.8 Å². The molecule has 0 radical (unpaired) electrons. The molecule has 0 saturated carbocycles. The topological polar surface area (TPSA) is 58.3 Å². The van der Waals surface area contributed by atoms with Crippen LogP contribution in [0, 0.1) is 0 Å². The number of nitrogens with two attached hydrogens (primary N) is 1. The molecule has 86 valence electrons. The van der Waals surface area contributed by atoms with Crippen molar-refractivity contribution in [1.82, 2.24) is 5.32 Å². The molecule has 0 aromatic rings. The lowest BCUT2D eigenvalue weighted by Gasteiger charge is -2.16. The molecule has 14 heavy (non-hydrogen) atoms. The molecule has 0 bridgehead atoms. The summed E-state index contributed by atoms with van der Waals surface area (Å²) in [7, 11) is 0. The molecule has 0 amide bonds. The quantitative estimate of drug-likeness (QED) is 0.467. The van der Waals surface area contributed by atoms with Gasteiger partial charge in [0.15, 0.2) is 0 Å². The summed E-state index contributed by atoms with van der Waals surface area (Å²) in [4.78, 5) is 0. The van der Waals surface area contributed by atoms with E-state index in [0.29, 0.717) is 12.6 Å². The van der Waals surface area contributed by atoms with E-state index in [0.717, 1.165) is 13.0 Å². The summed E-state index contributed by atoms with van der Waals surface area (Å²) in [5.41, 5.74) is 5.64. The Morgan fingerprint density at radius 1 is 1.21 bits per heavy atom. The van der Waals surface area contributed by atoms with Crippen molar-refractivity contribution in [2.75, 3.05) is 19.7 Å². The first-order valence-corrected chi connectivity index (χ1v) is 5.89. The van der Waals surface area contributed by atoms with Crippen molar-refractivity contribution >= 4 is 0 Å². The number of aliphatic hydroxyl groups excluding tert-OH is 1. The summed E-state index contributed by atoms with van der Waals surface area (Å²) in [5, 5.41) is 12.0. The molecular weight excluding hydrogens is 176 g/mol. The van der Waals surface area contributed by atoms with Gasteiger partial charge in [0.2, 0.25) is 0 Å². The summed E-state index contributed by atoms with van der Waals surface area (Å²) in [6.07, 6.45) is 7.18. The molecule has 4 N–H and O–H groups in total. The minimum absolute atomic E-state index is 0.264. The maximum atomic E-state index is 8.63. The van der Waals surface area contributed by atoms with Crippen LogP contribution in [-0.4, -0.2) is 30.8 Å². The molecule has 0 aliphatic heterocycles. The van der Waals surface area contributed by atoms with Crippen LogP contribution in [0.4, 0.5) is 0 Å². The maximum absolute atomic E-state index is 8.63. The zero-order valence-electron chi connectivity index (χ0n) is 9.47. The zero-order chi connectivity index (χ0) is 10.6. The molecule has 0 saturated heterocycles. The highest BCUT2D eigenvalue weighted by molar-refractivity contribution is 4.67. The Kier molecular flexibility index (Phi) is 10.9. The fraction of sp³-hybridized carbons (Fsp3) is 1.00. The first-order chi connectivity index (χ1) is 6.85. The largest absolute Gasteiger partial charge is 0.396 e. The highest BCUT2D eigenvalue weighted by atomic mass is 16.3. The third-order valence-corrected chi connectivity index (χ3v) is 2.46. The van der Waals surface area contributed by atoms with Crippen molar-refractivity contribution in [3.8, 4) is 0 Å². The first-order valence-electron chi connectivity index (χ1n) is 5.89. The molecule has 0 spiro atoms. The van der Waals surface area contributed by atoms with Crippen molar-refractivity contribution in [2.45, 2.75) is 51.5 Å². The molecule has 0 heterocycles. The van der Waals surface area contributed by atoms with Gasteiger partial charge < -0.3 is 16.2 Å². The van der Waals surface area contributed by atoms with Gasteiger partial charge in [0, 0.05) is 19.2 Å². The molecule has 0 aromatic heterocycles. The molecule has 1 unspecified atom stereocenters. The van der Waals surface area contributed by atoms with Crippen LogP contribution in [0.3, 0.4) is 0 Å². The second-order valence-electron chi connectivity index (χ2n) is 3.81. The van der Waals surface area contributed by atoms with E-state index in [-0.39, 0.29) is 6.61 Å². The highest BCUT2D eigenvalue weighted by Gasteiger charge is 2.04. The van der Waals surface area contributed by atoms with Crippen molar-refractivity contribution < 1.29 is 5.11 Å². The van der Waals surface area contributed by atoms with Gasteiger partial charge in [-0.15, -0.1) is 0 Å². The Balaban J connectivity index is 3.28. The summed E-state index contributed by atoms with van der Waals surface area (Å²) >= 11 is 0. The van der Waals surface area contributed by atoms with E-state index in [1.54, 1.807) is 0 Å². The van der Waals surface area contributed by atoms with Gasteiger partial charge in [0.25, 0.3) is 0 Å². The zero-order valence-corrected chi connectivity index (χ0v) is 9.47. The minimum Gasteiger partial charge on any atom is -0.396 e. The van der Waals surface area contributed by atoms with Crippen LogP contribution in [0.5, 0.6) is 0 Å². The van der Waals surface area contributed by atoms with Gasteiger partial charge in [-0.1, -0.05) is 32.6 Å². The Labute approximate surface area is 88.1 Å². The van der Waals surface area contributed by atoms with Crippen LogP contribution >= 0.6 is 0 Å². The van der Waals surface area contributed by atoms with E-state index in [1.165, 1.54) is 32.1 Å². The lowest BCUT2D eigenvalue weighted by atomic mass is 10.1. The van der Waals surface area contributed by atoms with Crippen molar-refractivity contribution in [3.05, 3.63) is 0 Å². The number of hydrogen-bond acceptors (Lipinski definition) is 3. The van der Waals surface area contributed by atoms with Crippen LogP contribution in [0.1, 0.15) is 45.4 Å². The van der Waals surface area contributed by atoms with Gasteiger partial charge in [-0.25, -0.2) is 0 Å². The van der Waals surface area contributed by atoms with E-state index in [9.17, 15) is 0 Å². The summed E-state index contributed by atoms with van der Waals surface area (Å²) in [6.45, 7) is 4.07. The second-order valence-corrected chi connectivity index (χ2v) is 3.81. The van der Waals surface area contributed by atoms with Gasteiger partial charge >= 0.3 is 0 Å². The maximum Gasteiger partial charge on any atom is 0.0443 e. The number of unbranched alkanes of at least 4 members (excludes halogenated alkanes) is 3. The van der Waals surface area contributed by atoms with E-state index < -0.39 is 0 Å². The van der Waals surface area contributed by atoms with Crippen molar-refractivity contribution in [1.29, 1.82) is 0 Å². The van der Waals surface area contributed by atoms with Gasteiger partial charge in [0.1, 0.15) is 0 Å². The molecule has 0 rings (SSSR count). The molecular formula is C11H26N2O. The Bertz CT molecular complexity index is 109. The van der Waals surface area contributed by atoms with Crippen molar-refractivity contribution in [3.63, 3.8) is 0 Å². The summed E-state index contributed by atoms with van der Waals surface area (Å²) < 4.78 is 0. The predicted octanol–water partition coefficient (Wildman–Crippen LogP) is 1.26. The summed E-state index contributed by atoms with van der Waals surface area (Å²) in [5.74, 6) is 0. The first kappa shape index (κ1) is 13.9. The van der Waals surface area contributed by atoms with Gasteiger partial charge in [-0.05, 0) is 19.4 Å². The van der Waals surface area contributed by atoms with Gasteiger partial charge in [-0.3, -0.25) is 0 Å². The van der Waals surface area contributed by atoms with Gasteiger partial charge in [0.05, 0.1) is 0 Å². The second kappa shape index (κ2) is 11.0. The number of nitrogens with one attached hydrogen (secondary N) is 1. The molecule has 3 nitrogen and oxygen atoms in total. The number of hydrogen-bond donors (Lipinski definition) is 3. The van der Waals surface area contributed by atoms with Crippen LogP contribution < -0.4 is 11.1 Å². The summed E-state index contributed by atoms with van der Waals surface area (Å²) in [6, 6.07) is 0.443.